The van der Waals surface area contributed by atoms with Crippen LogP contribution in [0.1, 0.15) is 16.1 Å². The van der Waals surface area contributed by atoms with Gasteiger partial charge in [0.1, 0.15) is 0 Å². The van der Waals surface area contributed by atoms with Crippen LogP contribution < -0.4 is 5.32 Å². The van der Waals surface area contributed by atoms with E-state index in [1.54, 1.807) is 0 Å². The van der Waals surface area contributed by atoms with Gasteiger partial charge >= 0.3 is 0 Å². The lowest BCUT2D eigenvalue weighted by atomic mass is 10.1. The van der Waals surface area contributed by atoms with Gasteiger partial charge in [-0.2, -0.15) is 0 Å². The Morgan fingerprint density at radius 1 is 1.10 bits per heavy atom. The molecule has 0 atom stereocenters. The number of aromatic nitrogens is 1. The first kappa shape index (κ1) is 13.8. The second-order valence-corrected chi connectivity index (χ2v) is 5.71. The summed E-state index contributed by atoms with van der Waals surface area (Å²) in [5, 5.41) is 3.78. The summed E-state index contributed by atoms with van der Waals surface area (Å²) in [6.45, 7) is 1.89. The first-order valence-corrected chi connectivity index (χ1v) is 7.36. The van der Waals surface area contributed by atoms with Crippen molar-refractivity contribution in [2.45, 2.75) is 6.92 Å². The van der Waals surface area contributed by atoms with Crippen molar-refractivity contribution in [1.29, 1.82) is 0 Å². The van der Waals surface area contributed by atoms with E-state index in [0.717, 1.165) is 26.8 Å². The fraction of sp³-hybridized carbons (Fsp3) is 0.0588. The summed E-state index contributed by atoms with van der Waals surface area (Å²) >= 11 is 3.40. The maximum absolute atomic E-state index is 12.5. The predicted molar refractivity (Wildman–Crippen MR) is 88.6 cm³/mol. The average molecular weight is 341 g/mol. The van der Waals surface area contributed by atoms with Crippen molar-refractivity contribution < 1.29 is 4.79 Å². The molecule has 1 N–H and O–H groups in total. The van der Waals surface area contributed by atoms with E-state index in [0.29, 0.717) is 5.56 Å². The molecule has 3 aromatic rings. The Kier molecular flexibility index (Phi) is 3.71. The SMILES string of the molecule is Cc1cc(C(=O)Nc2cccc(Br)c2)c2ccccc2n1. The Labute approximate surface area is 131 Å². The largest absolute Gasteiger partial charge is 0.322 e. The number of hydrogen-bond donors (Lipinski definition) is 1. The topological polar surface area (TPSA) is 42.0 Å². The molecule has 0 fully saturated rings. The molecule has 104 valence electrons. The van der Waals surface area contributed by atoms with Gasteiger partial charge in [-0.25, -0.2) is 0 Å². The molecule has 3 rings (SSSR count). The van der Waals surface area contributed by atoms with Gasteiger partial charge in [-0.1, -0.05) is 40.2 Å². The highest BCUT2D eigenvalue weighted by atomic mass is 79.9. The van der Waals surface area contributed by atoms with Gasteiger partial charge in [-0.3, -0.25) is 9.78 Å². The highest BCUT2D eigenvalue weighted by Crippen LogP contribution is 2.21. The second-order valence-electron chi connectivity index (χ2n) is 4.79. The van der Waals surface area contributed by atoms with Crippen LogP contribution in [0.2, 0.25) is 0 Å². The van der Waals surface area contributed by atoms with E-state index >= 15 is 0 Å². The van der Waals surface area contributed by atoms with Gasteiger partial charge in [0.15, 0.2) is 0 Å². The summed E-state index contributed by atoms with van der Waals surface area (Å²) in [5.41, 5.74) is 3.05. The molecule has 0 aliphatic heterocycles. The van der Waals surface area contributed by atoms with Gasteiger partial charge in [-0.05, 0) is 37.3 Å². The van der Waals surface area contributed by atoms with E-state index in [1.807, 2.05) is 61.5 Å². The number of rotatable bonds is 2. The van der Waals surface area contributed by atoms with E-state index in [9.17, 15) is 4.79 Å². The molecule has 0 aliphatic carbocycles. The van der Waals surface area contributed by atoms with Crippen LogP contribution in [0.25, 0.3) is 10.9 Å². The van der Waals surface area contributed by atoms with Gasteiger partial charge < -0.3 is 5.32 Å². The number of benzene rings is 2. The Bertz CT molecular complexity index is 830. The monoisotopic (exact) mass is 340 g/mol. The summed E-state index contributed by atoms with van der Waals surface area (Å²) in [6, 6.07) is 17.0. The minimum absolute atomic E-state index is 0.130. The lowest BCUT2D eigenvalue weighted by Crippen LogP contribution is -2.13. The number of aryl methyl sites for hydroxylation is 1. The van der Waals surface area contributed by atoms with E-state index in [4.69, 9.17) is 0 Å². The number of anilines is 1. The summed E-state index contributed by atoms with van der Waals surface area (Å²) in [5.74, 6) is -0.130. The number of fused-ring (bicyclic) bond motifs is 1. The Morgan fingerprint density at radius 3 is 2.71 bits per heavy atom. The van der Waals surface area contributed by atoms with Gasteiger partial charge in [0.2, 0.25) is 0 Å². The number of para-hydroxylation sites is 1. The first-order valence-electron chi connectivity index (χ1n) is 6.57. The molecule has 0 unspecified atom stereocenters. The number of nitrogens with one attached hydrogen (secondary N) is 1. The number of amides is 1. The molecule has 3 nitrogen and oxygen atoms in total. The zero-order valence-corrected chi connectivity index (χ0v) is 13.0. The van der Waals surface area contributed by atoms with Crippen molar-refractivity contribution in [3.05, 3.63) is 70.3 Å². The van der Waals surface area contributed by atoms with Gasteiger partial charge in [-0.15, -0.1) is 0 Å². The number of hydrogen-bond acceptors (Lipinski definition) is 2. The normalized spacial score (nSPS) is 10.6. The van der Waals surface area contributed by atoms with Crippen LogP contribution in [0.15, 0.2) is 59.1 Å². The molecule has 4 heteroatoms. The fourth-order valence-electron chi connectivity index (χ4n) is 2.26. The summed E-state index contributed by atoms with van der Waals surface area (Å²) < 4.78 is 0.927. The zero-order valence-electron chi connectivity index (χ0n) is 11.4. The maximum Gasteiger partial charge on any atom is 0.256 e. The Balaban J connectivity index is 2.02. The van der Waals surface area contributed by atoms with Crippen LogP contribution in [-0.2, 0) is 0 Å². The molecular formula is C17H13BrN2O. The molecule has 0 saturated heterocycles. The highest BCUT2D eigenvalue weighted by Gasteiger charge is 2.12. The van der Waals surface area contributed by atoms with Crippen molar-refractivity contribution in [2.75, 3.05) is 5.32 Å². The molecule has 2 aromatic carbocycles. The number of carbonyl (C=O) groups excluding carboxylic acids is 1. The molecule has 21 heavy (non-hydrogen) atoms. The van der Waals surface area contributed by atoms with Crippen molar-refractivity contribution in [1.82, 2.24) is 4.98 Å². The van der Waals surface area contributed by atoms with Gasteiger partial charge in [0.05, 0.1) is 11.1 Å². The second kappa shape index (κ2) is 5.66. The first-order chi connectivity index (χ1) is 10.1. The van der Waals surface area contributed by atoms with Crippen LogP contribution in [0.5, 0.6) is 0 Å². The number of halogens is 1. The average Bonchev–Trinajstić information content (AvgIpc) is 2.46. The molecule has 0 saturated carbocycles. The van der Waals surface area contributed by atoms with Crippen LogP contribution in [0, 0.1) is 6.92 Å². The van der Waals surface area contributed by atoms with E-state index in [-0.39, 0.29) is 5.91 Å². The highest BCUT2D eigenvalue weighted by molar-refractivity contribution is 9.10. The van der Waals surface area contributed by atoms with E-state index in [1.165, 1.54) is 0 Å². The van der Waals surface area contributed by atoms with Crippen LogP contribution in [-0.4, -0.2) is 10.9 Å². The van der Waals surface area contributed by atoms with Gasteiger partial charge in [0.25, 0.3) is 5.91 Å². The molecule has 0 spiro atoms. The molecule has 1 heterocycles. The molecule has 0 aliphatic rings. The zero-order chi connectivity index (χ0) is 14.8. The molecule has 0 bridgehead atoms. The summed E-state index contributed by atoms with van der Waals surface area (Å²) in [6.07, 6.45) is 0. The quantitative estimate of drug-likeness (QED) is 0.743. The summed E-state index contributed by atoms with van der Waals surface area (Å²) in [4.78, 5) is 17.0. The maximum atomic E-state index is 12.5. The standard InChI is InChI=1S/C17H13BrN2O/c1-11-9-15(14-7-2-3-8-16(14)19-11)17(21)20-13-6-4-5-12(18)10-13/h2-10H,1H3,(H,20,21). The van der Waals surface area contributed by atoms with Crippen LogP contribution in [0.3, 0.4) is 0 Å². The van der Waals surface area contributed by atoms with Gasteiger partial charge in [0, 0.05) is 21.2 Å². The molecule has 1 amide bonds. The Hall–Kier alpha value is -2.20. The number of nitrogens with zero attached hydrogens (tertiary/aromatic N) is 1. The molecule has 0 radical (unpaired) electrons. The molecular weight excluding hydrogens is 328 g/mol. The minimum atomic E-state index is -0.130. The number of carbonyl (C=O) groups is 1. The van der Waals surface area contributed by atoms with Crippen molar-refractivity contribution in [3.8, 4) is 0 Å². The van der Waals surface area contributed by atoms with Crippen molar-refractivity contribution in [2.24, 2.45) is 0 Å². The third kappa shape index (κ3) is 2.95. The molecule has 1 aromatic heterocycles. The predicted octanol–water partition coefficient (Wildman–Crippen LogP) is 4.56. The lowest BCUT2D eigenvalue weighted by molar-refractivity contribution is 0.102. The van der Waals surface area contributed by atoms with Crippen LogP contribution in [0.4, 0.5) is 5.69 Å². The Morgan fingerprint density at radius 2 is 1.90 bits per heavy atom. The third-order valence-electron chi connectivity index (χ3n) is 3.17. The third-order valence-corrected chi connectivity index (χ3v) is 3.66. The van der Waals surface area contributed by atoms with Crippen molar-refractivity contribution in [3.63, 3.8) is 0 Å². The van der Waals surface area contributed by atoms with Crippen molar-refractivity contribution >= 4 is 38.4 Å². The van der Waals surface area contributed by atoms with E-state index in [2.05, 4.69) is 26.2 Å². The van der Waals surface area contributed by atoms with E-state index < -0.39 is 0 Å². The fourth-order valence-corrected chi connectivity index (χ4v) is 2.66. The smallest absolute Gasteiger partial charge is 0.256 e. The minimum Gasteiger partial charge on any atom is -0.322 e. The lowest BCUT2D eigenvalue weighted by Gasteiger charge is -2.09. The summed E-state index contributed by atoms with van der Waals surface area (Å²) in [7, 11) is 0. The number of pyridine rings is 1. The van der Waals surface area contributed by atoms with Crippen LogP contribution >= 0.6 is 15.9 Å².